The summed E-state index contributed by atoms with van der Waals surface area (Å²) in [5.74, 6) is 0.960. The van der Waals surface area contributed by atoms with E-state index in [0.717, 1.165) is 29.6 Å². The van der Waals surface area contributed by atoms with Crippen LogP contribution in [0.2, 0.25) is 0 Å². The zero-order valence-corrected chi connectivity index (χ0v) is 11.8. The Morgan fingerprint density at radius 3 is 3.11 bits per heavy atom. The molecule has 1 aromatic heterocycles. The molecule has 0 saturated carbocycles. The third-order valence-electron chi connectivity index (χ3n) is 3.57. The van der Waals surface area contributed by atoms with E-state index < -0.39 is 0 Å². The van der Waals surface area contributed by atoms with Crippen LogP contribution in [0.1, 0.15) is 18.2 Å². The molecule has 0 saturated heterocycles. The number of amidine groups is 1. The van der Waals surface area contributed by atoms with Crippen molar-refractivity contribution in [3.8, 4) is 0 Å². The Hall–Kier alpha value is -1.68. The number of rotatable bonds is 1. The lowest BCUT2D eigenvalue weighted by atomic mass is 10.1. The largest absolute Gasteiger partial charge is 0.461 e. The highest BCUT2D eigenvalue weighted by atomic mass is 32.2. The summed E-state index contributed by atoms with van der Waals surface area (Å²) >= 11 is 1.77. The number of hydrogen-bond donors (Lipinski definition) is 0. The molecule has 2 aliphatic rings. The number of aliphatic imine (C=N–C) groups is 1. The van der Waals surface area contributed by atoms with E-state index in [2.05, 4.69) is 41.1 Å². The van der Waals surface area contributed by atoms with Crippen LogP contribution in [0.3, 0.4) is 0 Å². The molecule has 0 fully saturated rings. The number of nitrogens with zero attached hydrogens (tertiary/aromatic N) is 2. The van der Waals surface area contributed by atoms with Gasteiger partial charge in [0.05, 0.1) is 12.2 Å². The highest BCUT2D eigenvalue weighted by Crippen LogP contribution is 2.43. The molecule has 0 atom stereocenters. The first kappa shape index (κ1) is 11.2. The molecule has 0 spiro atoms. The molecule has 0 N–H and O–H groups in total. The number of aryl methyl sites for hydroxylation is 1. The number of allylic oxidation sites excluding steroid dienone is 1. The van der Waals surface area contributed by atoms with Gasteiger partial charge in [-0.3, -0.25) is 4.99 Å². The molecular formula is C15H14N2OS. The predicted octanol–water partition coefficient (Wildman–Crippen LogP) is 3.85. The molecule has 0 unspecified atom stereocenters. The Kier molecular flexibility index (Phi) is 2.30. The summed E-state index contributed by atoms with van der Waals surface area (Å²) in [5.41, 5.74) is 3.44. The zero-order valence-electron chi connectivity index (χ0n) is 10.9. The SMILES string of the molecule is CC1=C(c2cccc3cc(C)oc23)N2CCN=C2S1. The molecule has 0 amide bonds. The van der Waals surface area contributed by atoms with Gasteiger partial charge in [-0.15, -0.1) is 0 Å². The third kappa shape index (κ3) is 1.56. The van der Waals surface area contributed by atoms with Gasteiger partial charge >= 0.3 is 0 Å². The number of furan rings is 1. The van der Waals surface area contributed by atoms with Gasteiger partial charge in [0.15, 0.2) is 5.17 Å². The first-order valence-corrected chi connectivity index (χ1v) is 7.26. The minimum absolute atomic E-state index is 0.895. The molecule has 3 heterocycles. The fourth-order valence-corrected chi connectivity index (χ4v) is 3.85. The summed E-state index contributed by atoms with van der Waals surface area (Å²) < 4.78 is 5.90. The monoisotopic (exact) mass is 270 g/mol. The Bertz CT molecular complexity index is 742. The second kappa shape index (κ2) is 3.90. The van der Waals surface area contributed by atoms with E-state index in [9.17, 15) is 0 Å². The summed E-state index contributed by atoms with van der Waals surface area (Å²) in [6, 6.07) is 8.44. The number of fused-ring (bicyclic) bond motifs is 2. The summed E-state index contributed by atoms with van der Waals surface area (Å²) in [6.07, 6.45) is 0. The second-order valence-electron chi connectivity index (χ2n) is 4.90. The number of thioether (sulfide) groups is 1. The maximum absolute atomic E-state index is 5.90. The Morgan fingerprint density at radius 2 is 2.21 bits per heavy atom. The molecule has 4 rings (SSSR count). The molecule has 19 heavy (non-hydrogen) atoms. The summed E-state index contributed by atoms with van der Waals surface area (Å²) in [4.78, 5) is 8.16. The number of hydrogen-bond acceptors (Lipinski definition) is 4. The average molecular weight is 270 g/mol. The van der Waals surface area contributed by atoms with Gasteiger partial charge in [-0.2, -0.15) is 0 Å². The van der Waals surface area contributed by atoms with Gasteiger partial charge in [-0.25, -0.2) is 0 Å². The zero-order chi connectivity index (χ0) is 13.0. The lowest BCUT2D eigenvalue weighted by molar-refractivity contribution is 0.574. The van der Waals surface area contributed by atoms with Crippen molar-refractivity contribution in [1.82, 2.24) is 4.90 Å². The minimum Gasteiger partial charge on any atom is -0.461 e. The van der Waals surface area contributed by atoms with Crippen molar-refractivity contribution < 1.29 is 4.42 Å². The van der Waals surface area contributed by atoms with E-state index in [-0.39, 0.29) is 0 Å². The van der Waals surface area contributed by atoms with Gasteiger partial charge in [-0.1, -0.05) is 23.9 Å². The van der Waals surface area contributed by atoms with Crippen molar-refractivity contribution >= 4 is 33.6 Å². The maximum atomic E-state index is 5.90. The van der Waals surface area contributed by atoms with Gasteiger partial charge in [0.2, 0.25) is 0 Å². The molecule has 96 valence electrons. The van der Waals surface area contributed by atoms with E-state index in [1.165, 1.54) is 21.6 Å². The van der Waals surface area contributed by atoms with Crippen LogP contribution in [0.5, 0.6) is 0 Å². The van der Waals surface area contributed by atoms with Crippen LogP contribution in [0.15, 0.2) is 38.6 Å². The van der Waals surface area contributed by atoms with Gasteiger partial charge in [0, 0.05) is 22.4 Å². The fourth-order valence-electron chi connectivity index (χ4n) is 2.81. The number of para-hydroxylation sites is 1. The first-order chi connectivity index (χ1) is 9.24. The highest BCUT2D eigenvalue weighted by molar-refractivity contribution is 8.17. The molecule has 0 bridgehead atoms. The topological polar surface area (TPSA) is 28.7 Å². The van der Waals surface area contributed by atoms with Crippen molar-refractivity contribution in [2.75, 3.05) is 13.1 Å². The quantitative estimate of drug-likeness (QED) is 0.788. The second-order valence-corrected chi connectivity index (χ2v) is 6.09. The summed E-state index contributed by atoms with van der Waals surface area (Å²) in [5, 5.41) is 2.30. The Morgan fingerprint density at radius 1 is 1.32 bits per heavy atom. The van der Waals surface area contributed by atoms with Crippen LogP contribution >= 0.6 is 11.8 Å². The molecular weight excluding hydrogens is 256 g/mol. The molecule has 3 nitrogen and oxygen atoms in total. The van der Waals surface area contributed by atoms with E-state index >= 15 is 0 Å². The Labute approximate surface area is 116 Å². The lowest BCUT2D eigenvalue weighted by Gasteiger charge is -2.17. The van der Waals surface area contributed by atoms with Crippen LogP contribution in [-0.4, -0.2) is 23.2 Å². The van der Waals surface area contributed by atoms with Crippen molar-refractivity contribution in [2.45, 2.75) is 13.8 Å². The highest BCUT2D eigenvalue weighted by Gasteiger charge is 2.32. The summed E-state index contributed by atoms with van der Waals surface area (Å²) in [6.45, 7) is 6.03. The van der Waals surface area contributed by atoms with Gasteiger partial charge in [-0.05, 0) is 26.0 Å². The maximum Gasteiger partial charge on any atom is 0.168 e. The van der Waals surface area contributed by atoms with E-state index in [1.807, 2.05) is 6.92 Å². The summed E-state index contributed by atoms with van der Waals surface area (Å²) in [7, 11) is 0. The van der Waals surface area contributed by atoms with Crippen molar-refractivity contribution in [2.24, 2.45) is 4.99 Å². The van der Waals surface area contributed by atoms with E-state index in [4.69, 9.17) is 4.42 Å². The van der Waals surface area contributed by atoms with Crippen molar-refractivity contribution in [1.29, 1.82) is 0 Å². The predicted molar refractivity (Wildman–Crippen MR) is 80.1 cm³/mol. The Balaban J connectivity index is 1.95. The van der Waals surface area contributed by atoms with Crippen LogP contribution in [0.25, 0.3) is 16.7 Å². The van der Waals surface area contributed by atoms with Gasteiger partial charge < -0.3 is 9.32 Å². The third-order valence-corrected chi connectivity index (χ3v) is 4.60. The smallest absolute Gasteiger partial charge is 0.168 e. The molecule has 0 radical (unpaired) electrons. The normalized spacial score (nSPS) is 18.4. The van der Waals surface area contributed by atoms with E-state index in [1.54, 1.807) is 11.8 Å². The molecule has 2 aromatic rings. The van der Waals surface area contributed by atoms with E-state index in [0.29, 0.717) is 0 Å². The van der Waals surface area contributed by atoms with Crippen LogP contribution in [0, 0.1) is 6.92 Å². The minimum atomic E-state index is 0.895. The van der Waals surface area contributed by atoms with Crippen molar-refractivity contribution in [3.05, 3.63) is 40.5 Å². The van der Waals surface area contributed by atoms with Crippen molar-refractivity contribution in [3.63, 3.8) is 0 Å². The van der Waals surface area contributed by atoms with Crippen LogP contribution < -0.4 is 0 Å². The molecule has 0 aliphatic carbocycles. The van der Waals surface area contributed by atoms with Gasteiger partial charge in [0.25, 0.3) is 0 Å². The number of benzene rings is 1. The molecule has 2 aliphatic heterocycles. The van der Waals surface area contributed by atoms with Crippen LogP contribution in [0.4, 0.5) is 0 Å². The van der Waals surface area contributed by atoms with Crippen LogP contribution in [-0.2, 0) is 0 Å². The first-order valence-electron chi connectivity index (χ1n) is 6.44. The molecule has 1 aromatic carbocycles. The molecule has 4 heteroatoms. The average Bonchev–Trinajstić information content (AvgIpc) is 3.01. The lowest BCUT2D eigenvalue weighted by Crippen LogP contribution is -2.20. The van der Waals surface area contributed by atoms with Gasteiger partial charge in [0.1, 0.15) is 11.3 Å². The fraction of sp³-hybridized carbons (Fsp3) is 0.267. The standard InChI is InChI=1S/C15H14N2OS/c1-9-8-11-4-3-5-12(14(11)18-9)13-10(2)19-15-16-6-7-17(13)15/h3-5,8H,6-7H2,1-2H3.